The second-order valence-electron chi connectivity index (χ2n) is 5.84. The smallest absolute Gasteiger partial charge is 0.325 e. The standard InChI is InChI=1S/C15H27NO3/c1-3-11-6-4-5-7-14(11)19-10-13(15(17)18-2)16-12-8-9-12/h11-14,16H,3-10H2,1-2H3. The fourth-order valence-corrected chi connectivity index (χ4v) is 2.94. The molecule has 0 aromatic rings. The lowest BCUT2D eigenvalue weighted by atomic mass is 9.85. The highest BCUT2D eigenvalue weighted by molar-refractivity contribution is 5.75. The second kappa shape index (κ2) is 7.25. The Kier molecular flexibility index (Phi) is 5.64. The molecule has 0 bridgehead atoms. The van der Waals surface area contributed by atoms with E-state index in [2.05, 4.69) is 12.2 Å². The van der Waals surface area contributed by atoms with Gasteiger partial charge in [0.25, 0.3) is 0 Å². The molecule has 2 fully saturated rings. The molecule has 19 heavy (non-hydrogen) atoms. The fourth-order valence-electron chi connectivity index (χ4n) is 2.94. The van der Waals surface area contributed by atoms with Crippen LogP contribution in [0.15, 0.2) is 0 Å². The number of hydrogen-bond donors (Lipinski definition) is 1. The highest BCUT2D eigenvalue weighted by Gasteiger charge is 2.31. The number of nitrogens with one attached hydrogen (secondary N) is 1. The predicted octanol–water partition coefficient (Wildman–Crippen LogP) is 2.27. The first-order chi connectivity index (χ1) is 9.24. The third-order valence-corrected chi connectivity index (χ3v) is 4.34. The van der Waals surface area contributed by atoms with Crippen LogP contribution in [0.3, 0.4) is 0 Å². The summed E-state index contributed by atoms with van der Waals surface area (Å²) in [6, 6.07) is 0.193. The van der Waals surface area contributed by atoms with Crippen molar-refractivity contribution in [2.75, 3.05) is 13.7 Å². The van der Waals surface area contributed by atoms with Crippen molar-refractivity contribution < 1.29 is 14.3 Å². The average Bonchev–Trinajstić information content (AvgIpc) is 3.26. The average molecular weight is 269 g/mol. The van der Waals surface area contributed by atoms with Crippen LogP contribution >= 0.6 is 0 Å². The number of rotatable bonds is 7. The van der Waals surface area contributed by atoms with Gasteiger partial charge in [0.15, 0.2) is 0 Å². The number of methoxy groups -OCH3 is 1. The number of ether oxygens (including phenoxy) is 2. The van der Waals surface area contributed by atoms with E-state index in [1.54, 1.807) is 0 Å². The van der Waals surface area contributed by atoms with E-state index in [0.717, 1.165) is 19.3 Å². The molecule has 3 atom stereocenters. The fraction of sp³-hybridized carbons (Fsp3) is 0.933. The molecule has 0 aromatic carbocycles. The Morgan fingerprint density at radius 3 is 2.63 bits per heavy atom. The minimum Gasteiger partial charge on any atom is -0.468 e. The van der Waals surface area contributed by atoms with Gasteiger partial charge in [-0.2, -0.15) is 0 Å². The number of esters is 1. The molecule has 0 spiro atoms. The van der Waals surface area contributed by atoms with Gasteiger partial charge in [0, 0.05) is 6.04 Å². The van der Waals surface area contributed by atoms with Crippen LogP contribution in [0.25, 0.3) is 0 Å². The molecule has 3 unspecified atom stereocenters. The van der Waals surface area contributed by atoms with Crippen molar-refractivity contribution in [2.24, 2.45) is 5.92 Å². The highest BCUT2D eigenvalue weighted by Crippen LogP contribution is 2.29. The third-order valence-electron chi connectivity index (χ3n) is 4.34. The van der Waals surface area contributed by atoms with E-state index in [9.17, 15) is 4.79 Å². The van der Waals surface area contributed by atoms with Crippen LogP contribution in [0.5, 0.6) is 0 Å². The summed E-state index contributed by atoms with van der Waals surface area (Å²) < 4.78 is 10.9. The molecule has 110 valence electrons. The topological polar surface area (TPSA) is 47.6 Å². The Balaban J connectivity index is 1.80. The molecule has 0 radical (unpaired) electrons. The predicted molar refractivity (Wildman–Crippen MR) is 74.0 cm³/mol. The van der Waals surface area contributed by atoms with Crippen LogP contribution < -0.4 is 5.32 Å². The van der Waals surface area contributed by atoms with Crippen LogP contribution in [-0.4, -0.2) is 37.9 Å². The zero-order valence-electron chi connectivity index (χ0n) is 12.2. The number of carbonyl (C=O) groups is 1. The molecule has 0 heterocycles. The third kappa shape index (κ3) is 4.46. The van der Waals surface area contributed by atoms with Gasteiger partial charge in [0.1, 0.15) is 6.04 Å². The molecule has 0 saturated heterocycles. The zero-order chi connectivity index (χ0) is 13.7. The summed E-state index contributed by atoms with van der Waals surface area (Å²) in [4.78, 5) is 11.7. The van der Waals surface area contributed by atoms with Crippen LogP contribution in [-0.2, 0) is 14.3 Å². The lowest BCUT2D eigenvalue weighted by Crippen LogP contribution is -2.44. The Morgan fingerprint density at radius 2 is 2.00 bits per heavy atom. The summed E-state index contributed by atoms with van der Waals surface area (Å²) in [5, 5.41) is 3.31. The summed E-state index contributed by atoms with van der Waals surface area (Å²) in [5.74, 6) is 0.462. The van der Waals surface area contributed by atoms with Gasteiger partial charge in [-0.3, -0.25) is 10.1 Å². The minimum atomic E-state index is -0.295. The quantitative estimate of drug-likeness (QED) is 0.720. The van der Waals surface area contributed by atoms with E-state index in [0.29, 0.717) is 24.7 Å². The Bertz CT molecular complexity index is 291. The first kappa shape index (κ1) is 14.8. The monoisotopic (exact) mass is 269 g/mol. The second-order valence-corrected chi connectivity index (χ2v) is 5.84. The largest absolute Gasteiger partial charge is 0.468 e. The minimum absolute atomic E-state index is 0.198. The van der Waals surface area contributed by atoms with Gasteiger partial charge in [-0.25, -0.2) is 0 Å². The van der Waals surface area contributed by atoms with E-state index in [1.165, 1.54) is 32.8 Å². The van der Waals surface area contributed by atoms with Gasteiger partial charge in [-0.1, -0.05) is 26.2 Å². The first-order valence-corrected chi connectivity index (χ1v) is 7.70. The van der Waals surface area contributed by atoms with Crippen molar-refractivity contribution in [3.8, 4) is 0 Å². The van der Waals surface area contributed by atoms with Gasteiger partial charge in [-0.05, 0) is 31.6 Å². The number of carbonyl (C=O) groups excluding carboxylic acids is 1. The first-order valence-electron chi connectivity index (χ1n) is 7.70. The molecule has 0 aliphatic heterocycles. The summed E-state index contributed by atoms with van der Waals surface area (Å²) >= 11 is 0. The normalized spacial score (nSPS) is 28.9. The van der Waals surface area contributed by atoms with Crippen molar-refractivity contribution in [3.63, 3.8) is 0 Å². The lowest BCUT2D eigenvalue weighted by Gasteiger charge is -2.31. The molecular weight excluding hydrogens is 242 g/mol. The maximum Gasteiger partial charge on any atom is 0.325 e. The molecule has 2 rings (SSSR count). The van der Waals surface area contributed by atoms with Gasteiger partial charge in [0.2, 0.25) is 0 Å². The van der Waals surface area contributed by atoms with E-state index in [4.69, 9.17) is 9.47 Å². The SMILES string of the molecule is CCC1CCCCC1OCC(NC1CC1)C(=O)OC. The van der Waals surface area contributed by atoms with Gasteiger partial charge < -0.3 is 9.47 Å². The molecule has 1 N–H and O–H groups in total. The Labute approximate surface area is 116 Å². The van der Waals surface area contributed by atoms with Crippen molar-refractivity contribution >= 4 is 5.97 Å². The molecule has 2 saturated carbocycles. The molecule has 4 nitrogen and oxygen atoms in total. The highest BCUT2D eigenvalue weighted by atomic mass is 16.5. The molecule has 2 aliphatic rings. The molecule has 0 aromatic heterocycles. The number of hydrogen-bond acceptors (Lipinski definition) is 4. The van der Waals surface area contributed by atoms with Gasteiger partial charge >= 0.3 is 5.97 Å². The molecule has 4 heteroatoms. The lowest BCUT2D eigenvalue weighted by molar-refractivity contribution is -0.146. The summed E-state index contributed by atoms with van der Waals surface area (Å²) in [5.41, 5.74) is 0. The summed E-state index contributed by atoms with van der Waals surface area (Å²) in [6.07, 6.45) is 8.79. The van der Waals surface area contributed by atoms with Gasteiger partial charge in [-0.15, -0.1) is 0 Å². The molecular formula is C15H27NO3. The molecule has 2 aliphatic carbocycles. The maximum absolute atomic E-state index is 11.7. The zero-order valence-corrected chi connectivity index (χ0v) is 12.2. The van der Waals surface area contributed by atoms with E-state index in [-0.39, 0.29) is 12.0 Å². The van der Waals surface area contributed by atoms with Crippen LogP contribution in [0.1, 0.15) is 51.9 Å². The summed E-state index contributed by atoms with van der Waals surface area (Å²) in [6.45, 7) is 2.68. The van der Waals surface area contributed by atoms with Crippen molar-refractivity contribution in [1.29, 1.82) is 0 Å². The Hall–Kier alpha value is -0.610. The maximum atomic E-state index is 11.7. The van der Waals surface area contributed by atoms with E-state index >= 15 is 0 Å². The van der Waals surface area contributed by atoms with Crippen molar-refractivity contribution in [1.82, 2.24) is 5.32 Å². The van der Waals surface area contributed by atoms with E-state index in [1.807, 2.05) is 0 Å². The van der Waals surface area contributed by atoms with Crippen molar-refractivity contribution in [3.05, 3.63) is 0 Å². The Morgan fingerprint density at radius 1 is 1.26 bits per heavy atom. The van der Waals surface area contributed by atoms with Crippen LogP contribution in [0.2, 0.25) is 0 Å². The van der Waals surface area contributed by atoms with E-state index < -0.39 is 0 Å². The van der Waals surface area contributed by atoms with Crippen molar-refractivity contribution in [2.45, 2.75) is 70.1 Å². The molecule has 0 amide bonds. The van der Waals surface area contributed by atoms with Gasteiger partial charge in [0.05, 0.1) is 19.8 Å². The summed E-state index contributed by atoms with van der Waals surface area (Å²) in [7, 11) is 1.44. The van der Waals surface area contributed by atoms with Crippen LogP contribution in [0, 0.1) is 5.92 Å². The van der Waals surface area contributed by atoms with Crippen LogP contribution in [0.4, 0.5) is 0 Å².